The minimum atomic E-state index is -0.487. The molecule has 0 aliphatic heterocycles. The lowest BCUT2D eigenvalue weighted by Crippen LogP contribution is -2.26. The third kappa shape index (κ3) is 5.39. The largest absolute Gasteiger partial charge is 0.494 e. The number of hydrogen-bond donors (Lipinski definition) is 3. The van der Waals surface area contributed by atoms with E-state index >= 15 is 0 Å². The minimum absolute atomic E-state index is 0.225. The summed E-state index contributed by atoms with van der Waals surface area (Å²) in [5.74, 6) is 1.94. The Balaban J connectivity index is 1.77. The van der Waals surface area contributed by atoms with Crippen LogP contribution in [-0.2, 0) is 11.9 Å². The van der Waals surface area contributed by atoms with E-state index in [9.17, 15) is 4.79 Å². The third-order valence-electron chi connectivity index (χ3n) is 5.03. The van der Waals surface area contributed by atoms with E-state index in [1.165, 1.54) is 0 Å². The van der Waals surface area contributed by atoms with Crippen LogP contribution in [0.25, 0.3) is 11.4 Å². The Morgan fingerprint density at radius 1 is 1.08 bits per heavy atom. The number of aryl methyl sites for hydroxylation is 3. The number of carbonyl (C=O) groups is 1. The Bertz CT molecular complexity index is 1370. The number of anilines is 4. The van der Waals surface area contributed by atoms with Gasteiger partial charge in [0.05, 0.1) is 30.7 Å². The van der Waals surface area contributed by atoms with Crippen molar-refractivity contribution in [2.45, 2.75) is 20.8 Å². The first-order chi connectivity index (χ1) is 17.4. The summed E-state index contributed by atoms with van der Waals surface area (Å²) in [6.07, 6.45) is 3.20. The van der Waals surface area contributed by atoms with Crippen LogP contribution in [0.5, 0.6) is 5.75 Å². The Morgan fingerprint density at radius 3 is 2.61 bits per heavy atom. The molecule has 0 bridgehead atoms. The normalized spacial score (nSPS) is 10.7. The lowest BCUT2D eigenvalue weighted by atomic mass is 10.1. The molecule has 1 aromatic carbocycles. The number of pyridine rings is 1. The van der Waals surface area contributed by atoms with Crippen LogP contribution in [0.2, 0.25) is 0 Å². The van der Waals surface area contributed by atoms with Gasteiger partial charge in [-0.05, 0) is 39.0 Å². The van der Waals surface area contributed by atoms with Gasteiger partial charge in [-0.3, -0.25) is 14.3 Å². The summed E-state index contributed by atoms with van der Waals surface area (Å²) >= 11 is 0. The van der Waals surface area contributed by atoms with E-state index in [0.717, 1.165) is 5.69 Å². The van der Waals surface area contributed by atoms with Gasteiger partial charge in [-0.2, -0.15) is 5.10 Å². The molecule has 4 aromatic rings. The Labute approximate surface area is 208 Å². The van der Waals surface area contributed by atoms with Gasteiger partial charge >= 0.3 is 0 Å². The van der Waals surface area contributed by atoms with Gasteiger partial charge in [-0.1, -0.05) is 6.07 Å². The second-order valence-electron chi connectivity index (χ2n) is 7.77. The van der Waals surface area contributed by atoms with Gasteiger partial charge in [0.25, 0.3) is 5.91 Å². The van der Waals surface area contributed by atoms with Crippen molar-refractivity contribution in [1.29, 1.82) is 0 Å². The average Bonchev–Trinajstić information content (AvgIpc) is 3.28. The highest BCUT2D eigenvalue weighted by Gasteiger charge is 2.21. The number of rotatable bonds is 9. The van der Waals surface area contributed by atoms with Gasteiger partial charge < -0.3 is 15.4 Å². The van der Waals surface area contributed by atoms with E-state index in [4.69, 9.17) is 9.57 Å². The number of amides is 1. The van der Waals surface area contributed by atoms with Gasteiger partial charge in [0.15, 0.2) is 11.6 Å². The van der Waals surface area contributed by atoms with Crippen molar-refractivity contribution < 1.29 is 14.4 Å². The molecule has 36 heavy (non-hydrogen) atoms. The zero-order valence-electron chi connectivity index (χ0n) is 20.7. The second kappa shape index (κ2) is 10.8. The molecule has 0 saturated carbocycles. The van der Waals surface area contributed by atoms with Crippen molar-refractivity contribution in [2.24, 2.45) is 7.05 Å². The number of nitrogens with one attached hydrogen (secondary N) is 3. The van der Waals surface area contributed by atoms with E-state index in [1.807, 2.05) is 25.1 Å². The zero-order chi connectivity index (χ0) is 25.7. The number of benzene rings is 1. The van der Waals surface area contributed by atoms with Crippen molar-refractivity contribution in [1.82, 2.24) is 35.2 Å². The fraction of sp³-hybridized carbons (Fsp3) is 0.250. The van der Waals surface area contributed by atoms with Crippen LogP contribution in [0.15, 0.2) is 42.9 Å². The highest BCUT2D eigenvalue weighted by atomic mass is 16.6. The first-order valence-corrected chi connectivity index (χ1v) is 11.2. The van der Waals surface area contributed by atoms with Crippen LogP contribution in [-0.4, -0.2) is 49.3 Å². The summed E-state index contributed by atoms with van der Waals surface area (Å²) in [5.41, 5.74) is 5.23. The molecular formula is C24H27N9O3. The first kappa shape index (κ1) is 24.5. The maximum atomic E-state index is 13.2. The molecule has 12 heteroatoms. The van der Waals surface area contributed by atoms with E-state index in [2.05, 4.69) is 41.1 Å². The fourth-order valence-corrected chi connectivity index (χ4v) is 3.62. The molecule has 0 fully saturated rings. The van der Waals surface area contributed by atoms with Crippen molar-refractivity contribution in [3.63, 3.8) is 0 Å². The maximum absolute atomic E-state index is 13.2. The quantitative estimate of drug-likeness (QED) is 0.299. The zero-order valence-corrected chi connectivity index (χ0v) is 20.7. The number of nitrogens with zero attached hydrogens (tertiary/aromatic N) is 6. The molecule has 0 atom stereocenters. The van der Waals surface area contributed by atoms with E-state index < -0.39 is 5.91 Å². The predicted octanol–water partition coefficient (Wildman–Crippen LogP) is 3.46. The molecule has 12 nitrogen and oxygen atoms in total. The molecular weight excluding hydrogens is 462 g/mol. The topological polar surface area (TPSA) is 141 Å². The van der Waals surface area contributed by atoms with Gasteiger partial charge in [0, 0.05) is 25.0 Å². The molecule has 186 valence electrons. The Morgan fingerprint density at radius 2 is 1.92 bits per heavy atom. The molecule has 3 aromatic heterocycles. The molecule has 0 spiro atoms. The van der Waals surface area contributed by atoms with Crippen molar-refractivity contribution in [3.8, 4) is 17.1 Å². The van der Waals surface area contributed by atoms with Gasteiger partial charge in [0.1, 0.15) is 29.4 Å². The lowest BCUT2D eigenvalue weighted by molar-refractivity contribution is 0.0366. The van der Waals surface area contributed by atoms with Crippen LogP contribution < -0.4 is 20.9 Å². The number of hydrogen-bond acceptors (Lipinski definition) is 10. The maximum Gasteiger partial charge on any atom is 0.280 e. The smallest absolute Gasteiger partial charge is 0.280 e. The molecule has 0 radical (unpaired) electrons. The summed E-state index contributed by atoms with van der Waals surface area (Å²) < 4.78 is 7.32. The number of hydroxylamine groups is 1. The summed E-state index contributed by atoms with van der Waals surface area (Å²) in [7, 11) is 3.36. The van der Waals surface area contributed by atoms with Gasteiger partial charge in [-0.25, -0.2) is 25.4 Å². The minimum Gasteiger partial charge on any atom is -0.494 e. The molecule has 3 heterocycles. The number of ether oxygens (including phenoxy) is 1. The molecule has 4 rings (SSSR count). The van der Waals surface area contributed by atoms with Crippen LogP contribution in [0.3, 0.4) is 0 Å². The molecule has 0 aliphatic rings. The van der Waals surface area contributed by atoms with Crippen LogP contribution >= 0.6 is 0 Å². The number of methoxy groups -OCH3 is 1. The monoisotopic (exact) mass is 489 g/mol. The number of carbonyl (C=O) groups excluding carboxylic acids is 1. The first-order valence-electron chi connectivity index (χ1n) is 11.2. The summed E-state index contributed by atoms with van der Waals surface area (Å²) in [6.45, 7) is 5.73. The number of para-hydroxylation sites is 1. The second-order valence-corrected chi connectivity index (χ2v) is 7.77. The Hall–Kier alpha value is -4.58. The summed E-state index contributed by atoms with van der Waals surface area (Å²) in [4.78, 5) is 35.7. The fourth-order valence-electron chi connectivity index (χ4n) is 3.62. The van der Waals surface area contributed by atoms with Crippen LogP contribution in [0, 0.1) is 13.8 Å². The number of aromatic nitrogens is 6. The van der Waals surface area contributed by atoms with Gasteiger partial charge in [-0.15, -0.1) is 0 Å². The molecule has 1 amide bonds. The summed E-state index contributed by atoms with van der Waals surface area (Å²) in [6, 6.07) is 9.00. The third-order valence-corrected chi connectivity index (χ3v) is 5.03. The molecule has 0 aliphatic carbocycles. The summed E-state index contributed by atoms with van der Waals surface area (Å²) in [5, 5.41) is 10.8. The molecule has 3 N–H and O–H groups in total. The standard InChI is InChI=1S/C24H27N9O3/c1-6-36-32-24(34)20-17(10-11-25-23(20)30-19-12-14(2)27-15(3)28-19)29-18-9-7-8-16(21(18)35-5)22-26-13-33(4)31-22/h7-13H,6H2,1-5H3,(H,32,34)(H2,25,27,28,29,30). The van der Waals surface area contributed by atoms with Crippen LogP contribution in [0.4, 0.5) is 23.0 Å². The van der Waals surface area contributed by atoms with Gasteiger partial charge in [0.2, 0.25) is 0 Å². The van der Waals surface area contributed by atoms with Crippen molar-refractivity contribution >= 4 is 28.9 Å². The van der Waals surface area contributed by atoms with Crippen molar-refractivity contribution in [3.05, 3.63) is 59.9 Å². The predicted molar refractivity (Wildman–Crippen MR) is 134 cm³/mol. The SMILES string of the molecule is CCONC(=O)c1c(Nc2cccc(-c3ncn(C)n3)c2OC)ccnc1Nc1cc(C)nc(C)n1. The lowest BCUT2D eigenvalue weighted by Gasteiger charge is -2.18. The van der Waals surface area contributed by atoms with E-state index in [1.54, 1.807) is 57.3 Å². The highest BCUT2D eigenvalue weighted by Crippen LogP contribution is 2.37. The van der Waals surface area contributed by atoms with Crippen LogP contribution in [0.1, 0.15) is 28.8 Å². The highest BCUT2D eigenvalue weighted by molar-refractivity contribution is 6.05. The molecule has 0 saturated heterocycles. The van der Waals surface area contributed by atoms with E-state index in [0.29, 0.717) is 46.8 Å². The van der Waals surface area contributed by atoms with E-state index in [-0.39, 0.29) is 11.4 Å². The van der Waals surface area contributed by atoms with Crippen molar-refractivity contribution in [2.75, 3.05) is 24.4 Å². The molecule has 0 unspecified atom stereocenters. The Kier molecular flexibility index (Phi) is 7.35. The average molecular weight is 490 g/mol.